The summed E-state index contributed by atoms with van der Waals surface area (Å²) in [4.78, 5) is 32.1. The summed E-state index contributed by atoms with van der Waals surface area (Å²) in [6.45, 7) is 1.73. The molecule has 0 fully saturated rings. The number of hydrogen-bond donors (Lipinski definition) is 0. The van der Waals surface area contributed by atoms with E-state index in [-0.39, 0.29) is 11.2 Å². The zero-order valence-electron chi connectivity index (χ0n) is 18.6. The average Bonchev–Trinajstić information content (AvgIpc) is 3.21. The van der Waals surface area contributed by atoms with Crippen LogP contribution < -0.4 is 20.9 Å². The first-order valence-electron chi connectivity index (χ1n) is 10.5. The molecule has 0 unspecified atom stereocenters. The maximum absolute atomic E-state index is 13.0. The Labute approximate surface area is 185 Å². The average molecular weight is 434 g/mol. The molecule has 0 aliphatic rings. The lowest BCUT2D eigenvalue weighted by Crippen LogP contribution is -2.40. The lowest BCUT2D eigenvalue weighted by atomic mass is 10.2. The van der Waals surface area contributed by atoms with E-state index in [1.807, 2.05) is 42.5 Å². The predicted octanol–water partition coefficient (Wildman–Crippen LogP) is 2.54. The van der Waals surface area contributed by atoms with Crippen molar-refractivity contribution in [3.05, 3.63) is 87.3 Å². The largest absolute Gasteiger partial charge is 0.497 e. The van der Waals surface area contributed by atoms with Crippen LogP contribution in [0.1, 0.15) is 12.0 Å². The minimum absolute atomic E-state index is 0.304. The second-order valence-electron chi connectivity index (χ2n) is 7.78. The third-order valence-corrected chi connectivity index (χ3v) is 5.66. The van der Waals surface area contributed by atoms with Crippen molar-refractivity contribution in [1.82, 2.24) is 18.7 Å². The first kappa shape index (κ1) is 21.4. The standard InChI is InChI=1S/C24H27N5O3/c1-26-17-25-22-21(26)23(30)29(24(31)27(22)2)15-7-14-28(16-18-8-5-4-6-9-18)19-10-12-20(32-3)13-11-19/h4-6,8-13,17H,7,14-16H2,1-3H3. The third kappa shape index (κ3) is 4.16. The van der Waals surface area contributed by atoms with Gasteiger partial charge in [0.05, 0.1) is 13.4 Å². The van der Waals surface area contributed by atoms with Crippen LogP contribution in [0.4, 0.5) is 5.69 Å². The normalized spacial score (nSPS) is 11.1. The highest BCUT2D eigenvalue weighted by Gasteiger charge is 2.15. The van der Waals surface area contributed by atoms with Gasteiger partial charge in [-0.2, -0.15) is 0 Å². The van der Waals surface area contributed by atoms with Gasteiger partial charge in [0, 0.05) is 39.4 Å². The number of ether oxygens (including phenoxy) is 1. The second-order valence-corrected chi connectivity index (χ2v) is 7.78. The summed E-state index contributed by atoms with van der Waals surface area (Å²) in [7, 11) is 5.05. The van der Waals surface area contributed by atoms with E-state index >= 15 is 0 Å². The SMILES string of the molecule is COc1ccc(N(CCCn2c(=O)c3c(ncn3C)n(C)c2=O)Cc2ccccc2)cc1. The molecule has 4 aromatic rings. The summed E-state index contributed by atoms with van der Waals surface area (Å²) in [6, 6.07) is 18.1. The van der Waals surface area contributed by atoms with E-state index in [1.54, 1.807) is 32.1 Å². The Morgan fingerprint density at radius 2 is 1.72 bits per heavy atom. The minimum atomic E-state index is -0.347. The highest BCUT2D eigenvalue weighted by atomic mass is 16.5. The fourth-order valence-corrected chi connectivity index (χ4v) is 3.91. The molecule has 0 aliphatic carbocycles. The summed E-state index contributed by atoms with van der Waals surface area (Å²) < 4.78 is 9.68. The van der Waals surface area contributed by atoms with Crippen molar-refractivity contribution in [3.63, 3.8) is 0 Å². The molecule has 0 radical (unpaired) electrons. The Kier molecular flexibility index (Phi) is 6.11. The Morgan fingerprint density at radius 1 is 1.00 bits per heavy atom. The predicted molar refractivity (Wildman–Crippen MR) is 125 cm³/mol. The van der Waals surface area contributed by atoms with Gasteiger partial charge < -0.3 is 14.2 Å². The number of imidazole rings is 1. The van der Waals surface area contributed by atoms with Crippen molar-refractivity contribution in [2.24, 2.45) is 14.1 Å². The lowest BCUT2D eigenvalue weighted by Gasteiger charge is -2.25. The molecule has 2 heterocycles. The molecule has 166 valence electrons. The molecule has 2 aromatic heterocycles. The number of aromatic nitrogens is 4. The van der Waals surface area contributed by atoms with Crippen molar-refractivity contribution in [1.29, 1.82) is 0 Å². The topological polar surface area (TPSA) is 74.3 Å². The molecule has 0 bridgehead atoms. The van der Waals surface area contributed by atoms with Crippen LogP contribution in [0.2, 0.25) is 0 Å². The summed E-state index contributed by atoms with van der Waals surface area (Å²) in [5, 5.41) is 0. The van der Waals surface area contributed by atoms with Crippen LogP contribution in [0.25, 0.3) is 11.2 Å². The van der Waals surface area contributed by atoms with Crippen molar-refractivity contribution in [2.75, 3.05) is 18.6 Å². The summed E-state index contributed by atoms with van der Waals surface area (Å²) in [5.41, 5.74) is 2.43. The van der Waals surface area contributed by atoms with E-state index in [1.165, 1.54) is 14.7 Å². The quantitative estimate of drug-likeness (QED) is 0.427. The highest BCUT2D eigenvalue weighted by molar-refractivity contribution is 5.69. The van der Waals surface area contributed by atoms with Crippen LogP contribution in [-0.2, 0) is 27.2 Å². The van der Waals surface area contributed by atoms with Crippen LogP contribution >= 0.6 is 0 Å². The molecular weight excluding hydrogens is 406 g/mol. The minimum Gasteiger partial charge on any atom is -0.497 e. The molecule has 8 nitrogen and oxygen atoms in total. The van der Waals surface area contributed by atoms with Gasteiger partial charge in [0.2, 0.25) is 0 Å². The summed E-state index contributed by atoms with van der Waals surface area (Å²) in [5.74, 6) is 0.799. The molecule has 0 saturated carbocycles. The van der Waals surface area contributed by atoms with E-state index in [4.69, 9.17) is 4.74 Å². The second kappa shape index (κ2) is 9.13. The van der Waals surface area contributed by atoms with Gasteiger partial charge in [-0.05, 0) is 36.2 Å². The van der Waals surface area contributed by atoms with Crippen LogP contribution in [0.5, 0.6) is 5.75 Å². The zero-order chi connectivity index (χ0) is 22.7. The van der Waals surface area contributed by atoms with Crippen LogP contribution in [-0.4, -0.2) is 32.3 Å². The van der Waals surface area contributed by atoms with Crippen molar-refractivity contribution in [3.8, 4) is 5.75 Å². The van der Waals surface area contributed by atoms with Crippen molar-refractivity contribution >= 4 is 16.9 Å². The molecular formula is C24H27N5O3. The van der Waals surface area contributed by atoms with Gasteiger partial charge >= 0.3 is 5.69 Å². The number of nitrogens with zero attached hydrogens (tertiary/aromatic N) is 5. The number of aryl methyl sites for hydroxylation is 2. The number of methoxy groups -OCH3 is 1. The molecule has 0 atom stereocenters. The number of hydrogen-bond acceptors (Lipinski definition) is 5. The maximum Gasteiger partial charge on any atom is 0.332 e. The van der Waals surface area contributed by atoms with Crippen LogP contribution in [0.15, 0.2) is 70.5 Å². The number of rotatable bonds is 8. The van der Waals surface area contributed by atoms with E-state index in [9.17, 15) is 9.59 Å². The monoisotopic (exact) mass is 433 g/mol. The fourth-order valence-electron chi connectivity index (χ4n) is 3.91. The third-order valence-electron chi connectivity index (χ3n) is 5.66. The molecule has 2 aromatic carbocycles. The van der Waals surface area contributed by atoms with Gasteiger partial charge in [-0.25, -0.2) is 9.78 Å². The van der Waals surface area contributed by atoms with Gasteiger partial charge in [-0.1, -0.05) is 30.3 Å². The lowest BCUT2D eigenvalue weighted by molar-refractivity contribution is 0.415. The number of fused-ring (bicyclic) bond motifs is 1. The Balaban J connectivity index is 1.58. The molecule has 32 heavy (non-hydrogen) atoms. The molecule has 0 amide bonds. The van der Waals surface area contributed by atoms with Gasteiger partial charge in [0.15, 0.2) is 11.2 Å². The highest BCUT2D eigenvalue weighted by Crippen LogP contribution is 2.21. The number of anilines is 1. The van der Waals surface area contributed by atoms with E-state index < -0.39 is 0 Å². The Morgan fingerprint density at radius 3 is 2.41 bits per heavy atom. The van der Waals surface area contributed by atoms with E-state index in [2.05, 4.69) is 22.0 Å². The molecule has 8 heteroatoms. The molecule has 4 rings (SSSR count). The Hall–Kier alpha value is -3.81. The van der Waals surface area contributed by atoms with Crippen LogP contribution in [0, 0.1) is 0 Å². The van der Waals surface area contributed by atoms with E-state index in [0.717, 1.165) is 18.0 Å². The van der Waals surface area contributed by atoms with Crippen LogP contribution in [0.3, 0.4) is 0 Å². The van der Waals surface area contributed by atoms with E-state index in [0.29, 0.717) is 30.7 Å². The number of benzene rings is 2. The molecule has 0 N–H and O–H groups in total. The zero-order valence-corrected chi connectivity index (χ0v) is 18.6. The van der Waals surface area contributed by atoms with Gasteiger partial charge in [0.1, 0.15) is 5.75 Å². The van der Waals surface area contributed by atoms with Gasteiger partial charge in [-0.3, -0.25) is 13.9 Å². The molecule has 0 aliphatic heterocycles. The van der Waals surface area contributed by atoms with Crippen molar-refractivity contribution < 1.29 is 4.74 Å². The van der Waals surface area contributed by atoms with Crippen molar-refractivity contribution in [2.45, 2.75) is 19.5 Å². The smallest absolute Gasteiger partial charge is 0.332 e. The first-order valence-corrected chi connectivity index (χ1v) is 10.5. The summed E-state index contributed by atoms with van der Waals surface area (Å²) >= 11 is 0. The summed E-state index contributed by atoms with van der Waals surface area (Å²) in [6.07, 6.45) is 2.19. The maximum atomic E-state index is 13.0. The molecule has 0 spiro atoms. The fraction of sp³-hybridized carbons (Fsp3) is 0.292. The van der Waals surface area contributed by atoms with Gasteiger partial charge in [-0.15, -0.1) is 0 Å². The first-order chi connectivity index (χ1) is 15.5. The van der Waals surface area contributed by atoms with Gasteiger partial charge in [0.25, 0.3) is 5.56 Å². The Bertz CT molecular complexity index is 1320. The molecule has 0 saturated heterocycles.